The molecule has 96 valence electrons. The molecule has 2 N–H and O–H groups in total. The number of hydrogen-bond acceptors (Lipinski definition) is 2. The third kappa shape index (κ3) is 3.27. The van der Waals surface area contributed by atoms with E-state index in [1.54, 1.807) is 0 Å². The predicted molar refractivity (Wildman–Crippen MR) is 76.8 cm³/mol. The van der Waals surface area contributed by atoms with Gasteiger partial charge in [-0.1, -0.05) is 0 Å². The highest BCUT2D eigenvalue weighted by Crippen LogP contribution is 2.24. The minimum atomic E-state index is 0. The van der Waals surface area contributed by atoms with Crippen molar-refractivity contribution in [2.75, 3.05) is 44.9 Å². The number of anilines is 2. The zero-order valence-corrected chi connectivity index (χ0v) is 11.7. The lowest BCUT2D eigenvalue weighted by atomic mass is 10.2. The predicted octanol–water partition coefficient (Wildman–Crippen LogP) is 1.98. The summed E-state index contributed by atoms with van der Waals surface area (Å²) in [5, 5.41) is 0. The maximum Gasteiger partial charge on any atom is 0.108 e. The maximum atomic E-state index is 5.70. The van der Waals surface area contributed by atoms with Gasteiger partial charge in [-0.05, 0) is 24.3 Å². The first-order chi connectivity index (χ1) is 7.47. The lowest BCUT2D eigenvalue weighted by molar-refractivity contribution is -0.893. The summed E-state index contributed by atoms with van der Waals surface area (Å²) < 4.78 is 1.05. The Balaban J connectivity index is 0.00000144. The van der Waals surface area contributed by atoms with Crippen LogP contribution >= 0.6 is 12.4 Å². The third-order valence-electron chi connectivity index (χ3n) is 3.52. The first-order valence-electron chi connectivity index (χ1n) is 5.88. The van der Waals surface area contributed by atoms with E-state index in [1.807, 2.05) is 12.1 Å². The second kappa shape index (κ2) is 5.15. The van der Waals surface area contributed by atoms with Crippen molar-refractivity contribution >= 4 is 23.8 Å². The van der Waals surface area contributed by atoms with E-state index in [0.717, 1.165) is 29.3 Å². The molecule has 1 aromatic carbocycles. The number of halogens is 1. The van der Waals surface area contributed by atoms with Gasteiger partial charge in [-0.2, -0.15) is 0 Å². The van der Waals surface area contributed by atoms with Gasteiger partial charge in [-0.15, -0.1) is 12.4 Å². The van der Waals surface area contributed by atoms with E-state index in [4.69, 9.17) is 5.73 Å². The fraction of sp³-hybridized carbons (Fsp3) is 0.538. The minimum absolute atomic E-state index is 0. The monoisotopic (exact) mass is 256 g/mol. The van der Waals surface area contributed by atoms with Crippen molar-refractivity contribution in [3.8, 4) is 0 Å². The van der Waals surface area contributed by atoms with Crippen LogP contribution in [0.15, 0.2) is 24.3 Å². The van der Waals surface area contributed by atoms with Crippen LogP contribution in [0.25, 0.3) is 0 Å². The number of benzene rings is 1. The van der Waals surface area contributed by atoms with Crippen molar-refractivity contribution in [3.63, 3.8) is 0 Å². The molecule has 0 spiro atoms. The molecular weight excluding hydrogens is 234 g/mol. The molecule has 3 nitrogen and oxygen atoms in total. The van der Waals surface area contributed by atoms with Crippen LogP contribution in [0.3, 0.4) is 0 Å². The van der Waals surface area contributed by atoms with E-state index < -0.39 is 0 Å². The average Bonchev–Trinajstić information content (AvgIpc) is 2.67. The molecule has 0 aromatic heterocycles. The van der Waals surface area contributed by atoms with Gasteiger partial charge in [-0.25, -0.2) is 0 Å². The molecule has 0 saturated carbocycles. The van der Waals surface area contributed by atoms with Gasteiger partial charge >= 0.3 is 0 Å². The van der Waals surface area contributed by atoms with Crippen LogP contribution in [0.1, 0.15) is 6.42 Å². The average molecular weight is 257 g/mol. The normalized spacial score (nSPS) is 20.2. The molecule has 2 rings (SSSR count). The summed E-state index contributed by atoms with van der Waals surface area (Å²) in [5.41, 5.74) is 7.84. The van der Waals surface area contributed by atoms with Crippen molar-refractivity contribution in [2.24, 2.45) is 0 Å². The summed E-state index contributed by atoms with van der Waals surface area (Å²) >= 11 is 0. The number of nitrogens with zero attached hydrogens (tertiary/aromatic N) is 2. The molecular formula is C13H23ClN3+. The highest BCUT2D eigenvalue weighted by Gasteiger charge is 2.32. The molecule has 1 heterocycles. The molecule has 1 atom stereocenters. The van der Waals surface area contributed by atoms with E-state index in [1.165, 1.54) is 12.1 Å². The molecule has 1 aliphatic heterocycles. The fourth-order valence-corrected chi connectivity index (χ4v) is 2.29. The summed E-state index contributed by atoms with van der Waals surface area (Å²) in [6, 6.07) is 8.93. The molecule has 0 amide bonds. The lowest BCUT2D eigenvalue weighted by Gasteiger charge is -2.31. The van der Waals surface area contributed by atoms with Crippen LogP contribution in [0, 0.1) is 0 Å². The van der Waals surface area contributed by atoms with Crippen LogP contribution in [0.2, 0.25) is 0 Å². The van der Waals surface area contributed by atoms with Gasteiger partial charge in [0.2, 0.25) is 0 Å². The number of likely N-dealkylation sites (N-methyl/N-ethyl adjacent to an activating group) is 1. The Morgan fingerprint density at radius 3 is 2.24 bits per heavy atom. The first-order valence-corrected chi connectivity index (χ1v) is 5.88. The Morgan fingerprint density at radius 1 is 1.18 bits per heavy atom. The van der Waals surface area contributed by atoms with Crippen molar-refractivity contribution in [2.45, 2.75) is 12.5 Å². The topological polar surface area (TPSA) is 29.3 Å². The Kier molecular flexibility index (Phi) is 4.28. The van der Waals surface area contributed by atoms with Gasteiger partial charge in [-0.3, -0.25) is 0 Å². The number of quaternary nitrogens is 1. The molecule has 0 radical (unpaired) electrons. The highest BCUT2D eigenvalue weighted by atomic mass is 35.5. The van der Waals surface area contributed by atoms with Gasteiger partial charge in [0, 0.05) is 24.3 Å². The van der Waals surface area contributed by atoms with Crippen LogP contribution in [-0.2, 0) is 0 Å². The van der Waals surface area contributed by atoms with E-state index in [-0.39, 0.29) is 12.4 Å². The largest absolute Gasteiger partial charge is 0.399 e. The summed E-state index contributed by atoms with van der Waals surface area (Å²) in [6.45, 7) is 2.30. The second-order valence-corrected chi connectivity index (χ2v) is 5.60. The fourth-order valence-electron chi connectivity index (χ4n) is 2.29. The van der Waals surface area contributed by atoms with Gasteiger partial charge < -0.3 is 15.1 Å². The van der Waals surface area contributed by atoms with Crippen LogP contribution in [-0.4, -0.2) is 44.8 Å². The molecule has 1 unspecified atom stereocenters. The summed E-state index contributed by atoms with van der Waals surface area (Å²) in [4.78, 5) is 2.45. The molecule has 1 saturated heterocycles. The van der Waals surface area contributed by atoms with Crippen molar-refractivity contribution in [3.05, 3.63) is 24.3 Å². The van der Waals surface area contributed by atoms with Crippen LogP contribution < -0.4 is 10.6 Å². The second-order valence-electron chi connectivity index (χ2n) is 5.60. The zero-order chi connectivity index (χ0) is 11.8. The number of hydrogen-bond donors (Lipinski definition) is 1. The van der Waals surface area contributed by atoms with Crippen molar-refractivity contribution in [1.29, 1.82) is 0 Å². The SMILES string of the molecule is C[N+](C)(C)C1CCN(c2ccc(N)cc2)C1.Cl. The third-order valence-corrected chi connectivity index (χ3v) is 3.52. The Bertz CT molecular complexity index is 356. The van der Waals surface area contributed by atoms with Crippen molar-refractivity contribution < 1.29 is 4.48 Å². The van der Waals surface area contributed by atoms with E-state index in [0.29, 0.717) is 0 Å². The molecule has 0 aliphatic carbocycles. The van der Waals surface area contributed by atoms with E-state index in [2.05, 4.69) is 38.2 Å². The van der Waals surface area contributed by atoms with Gasteiger partial charge in [0.1, 0.15) is 6.04 Å². The number of nitrogens with two attached hydrogens (primary N) is 1. The zero-order valence-electron chi connectivity index (χ0n) is 10.9. The number of rotatable bonds is 2. The molecule has 4 heteroatoms. The number of nitrogen functional groups attached to an aromatic ring is 1. The van der Waals surface area contributed by atoms with E-state index in [9.17, 15) is 0 Å². The Hall–Kier alpha value is -0.930. The smallest absolute Gasteiger partial charge is 0.108 e. The maximum absolute atomic E-state index is 5.70. The molecule has 1 aliphatic rings. The summed E-state index contributed by atoms with van der Waals surface area (Å²) in [7, 11) is 6.82. The van der Waals surface area contributed by atoms with E-state index >= 15 is 0 Å². The minimum Gasteiger partial charge on any atom is -0.399 e. The Labute approximate surface area is 110 Å². The highest BCUT2D eigenvalue weighted by molar-refractivity contribution is 5.85. The molecule has 0 bridgehead atoms. The first kappa shape index (κ1) is 14.1. The van der Waals surface area contributed by atoms with Gasteiger partial charge in [0.15, 0.2) is 0 Å². The quantitative estimate of drug-likeness (QED) is 0.648. The summed E-state index contributed by atoms with van der Waals surface area (Å²) in [5.74, 6) is 0. The summed E-state index contributed by atoms with van der Waals surface area (Å²) in [6.07, 6.45) is 1.27. The van der Waals surface area contributed by atoms with Crippen LogP contribution in [0.4, 0.5) is 11.4 Å². The van der Waals surface area contributed by atoms with Gasteiger partial charge in [0.05, 0.1) is 27.7 Å². The molecule has 1 fully saturated rings. The van der Waals surface area contributed by atoms with Crippen molar-refractivity contribution in [1.82, 2.24) is 0 Å². The van der Waals surface area contributed by atoms with Crippen LogP contribution in [0.5, 0.6) is 0 Å². The van der Waals surface area contributed by atoms with Gasteiger partial charge in [0.25, 0.3) is 0 Å². The standard InChI is InChI=1S/C13H22N3.ClH/c1-16(2,3)13-8-9-15(10-13)12-6-4-11(14)5-7-12;/h4-7,13H,8-10,14H2,1-3H3;1H/q+1;. The molecule has 17 heavy (non-hydrogen) atoms. The lowest BCUT2D eigenvalue weighted by Crippen LogP contribution is -2.46. The molecule has 1 aromatic rings. The Morgan fingerprint density at radius 2 is 1.76 bits per heavy atom.